The second-order valence-electron chi connectivity index (χ2n) is 8.67. The Hall–Kier alpha value is -5.02. The largest absolute Gasteiger partial charge is 0.497 e. The lowest BCUT2D eigenvalue weighted by molar-refractivity contribution is -0.114. The lowest BCUT2D eigenvalue weighted by atomic mass is 10.1. The third-order valence-corrected chi connectivity index (χ3v) is 6.78. The first-order valence-electron chi connectivity index (χ1n) is 12.6. The summed E-state index contributed by atoms with van der Waals surface area (Å²) in [5, 5.41) is 8.42. The predicted octanol–water partition coefficient (Wildman–Crippen LogP) is 5.84. The van der Waals surface area contributed by atoms with Gasteiger partial charge in [0.1, 0.15) is 17.2 Å². The summed E-state index contributed by atoms with van der Waals surface area (Å²) in [6, 6.07) is 30.1. The average Bonchev–Trinajstić information content (AvgIpc) is 3.00. The second kappa shape index (κ2) is 14.4. The van der Waals surface area contributed by atoms with Gasteiger partial charge in [0.25, 0.3) is 11.8 Å². The number of ether oxygens (including phenoxy) is 2. The number of thioether (sulfide) groups is 1. The van der Waals surface area contributed by atoms with E-state index < -0.39 is 11.8 Å². The Morgan fingerprint density at radius 3 is 2.22 bits per heavy atom. The molecule has 4 rings (SSSR count). The van der Waals surface area contributed by atoms with E-state index in [1.54, 1.807) is 92.0 Å². The van der Waals surface area contributed by atoms with Crippen LogP contribution in [0, 0.1) is 0 Å². The van der Waals surface area contributed by atoms with Crippen LogP contribution in [0.5, 0.6) is 11.5 Å². The molecular weight excluding hydrogens is 538 g/mol. The van der Waals surface area contributed by atoms with Crippen LogP contribution >= 0.6 is 11.8 Å². The van der Waals surface area contributed by atoms with E-state index in [1.807, 2.05) is 24.3 Å². The van der Waals surface area contributed by atoms with Crippen LogP contribution in [-0.4, -0.2) is 37.7 Å². The average molecular weight is 568 g/mol. The minimum Gasteiger partial charge on any atom is -0.497 e. The van der Waals surface area contributed by atoms with Gasteiger partial charge in [-0.15, -0.1) is 11.8 Å². The summed E-state index contributed by atoms with van der Waals surface area (Å²) in [4.78, 5) is 39.6. The quantitative estimate of drug-likeness (QED) is 0.155. The number of benzene rings is 4. The van der Waals surface area contributed by atoms with E-state index in [0.717, 1.165) is 4.90 Å². The van der Waals surface area contributed by atoms with Gasteiger partial charge in [-0.3, -0.25) is 14.4 Å². The van der Waals surface area contributed by atoms with Gasteiger partial charge in [-0.2, -0.15) is 0 Å². The van der Waals surface area contributed by atoms with E-state index in [1.165, 1.54) is 18.9 Å². The van der Waals surface area contributed by atoms with Crippen molar-refractivity contribution in [3.05, 3.63) is 120 Å². The topological polar surface area (TPSA) is 106 Å². The first-order chi connectivity index (χ1) is 19.9. The van der Waals surface area contributed by atoms with Crippen molar-refractivity contribution in [1.29, 1.82) is 0 Å². The Morgan fingerprint density at radius 2 is 1.46 bits per heavy atom. The number of anilines is 2. The standard InChI is InChI=1S/C32H29N3O5S/c1-39-26-15-8-13-24(19-26)33-30(36)21-41-27-16-9-14-25(20-27)34-32(38)28(18-23-12-6-7-17-29(23)40-2)35-31(37)22-10-4-3-5-11-22/h3-20H,21H2,1-2H3,(H,33,36)(H,34,38)(H,35,37)/b28-18+. The SMILES string of the molecule is COc1cccc(NC(=O)CSc2cccc(NC(=O)/C(=C\c3ccccc3OC)NC(=O)c3ccccc3)c2)c1. The van der Waals surface area contributed by atoms with Gasteiger partial charge < -0.3 is 25.4 Å². The molecule has 3 N–H and O–H groups in total. The number of nitrogens with one attached hydrogen (secondary N) is 3. The van der Waals surface area contributed by atoms with Gasteiger partial charge in [0.05, 0.1) is 20.0 Å². The predicted molar refractivity (Wildman–Crippen MR) is 162 cm³/mol. The summed E-state index contributed by atoms with van der Waals surface area (Å²) in [5.74, 6) is 0.255. The molecule has 8 nitrogen and oxygen atoms in total. The molecule has 4 aromatic carbocycles. The van der Waals surface area contributed by atoms with Gasteiger partial charge >= 0.3 is 0 Å². The van der Waals surface area contributed by atoms with E-state index in [2.05, 4.69) is 16.0 Å². The Labute approximate surface area is 242 Å². The summed E-state index contributed by atoms with van der Waals surface area (Å²) in [7, 11) is 3.10. The molecule has 3 amide bonds. The number of para-hydroxylation sites is 1. The summed E-state index contributed by atoms with van der Waals surface area (Å²) >= 11 is 1.33. The van der Waals surface area contributed by atoms with Crippen molar-refractivity contribution in [3.63, 3.8) is 0 Å². The van der Waals surface area contributed by atoms with Crippen LogP contribution in [0.1, 0.15) is 15.9 Å². The van der Waals surface area contributed by atoms with Crippen molar-refractivity contribution in [2.24, 2.45) is 0 Å². The fraction of sp³-hybridized carbons (Fsp3) is 0.0938. The molecule has 0 radical (unpaired) electrons. The van der Waals surface area contributed by atoms with E-state index in [4.69, 9.17) is 9.47 Å². The molecule has 0 aromatic heterocycles. The molecule has 4 aromatic rings. The number of amides is 3. The summed E-state index contributed by atoms with van der Waals surface area (Å²) in [6.07, 6.45) is 1.57. The van der Waals surface area contributed by atoms with Crippen molar-refractivity contribution in [2.45, 2.75) is 4.90 Å². The summed E-state index contributed by atoms with van der Waals surface area (Å²) in [5.41, 5.74) is 2.23. The molecule has 0 heterocycles. The van der Waals surface area contributed by atoms with Gasteiger partial charge in [0.2, 0.25) is 5.91 Å². The van der Waals surface area contributed by atoms with Gasteiger partial charge in [-0.05, 0) is 54.6 Å². The number of carbonyl (C=O) groups is 3. The number of methoxy groups -OCH3 is 2. The fourth-order valence-corrected chi connectivity index (χ4v) is 4.55. The molecule has 0 unspecified atom stereocenters. The van der Waals surface area contributed by atoms with Crippen molar-refractivity contribution >= 4 is 46.9 Å². The highest BCUT2D eigenvalue weighted by molar-refractivity contribution is 8.00. The highest BCUT2D eigenvalue weighted by Gasteiger charge is 2.16. The zero-order valence-electron chi connectivity index (χ0n) is 22.5. The molecule has 0 spiro atoms. The van der Waals surface area contributed by atoms with Crippen LogP contribution in [-0.2, 0) is 9.59 Å². The second-order valence-corrected chi connectivity index (χ2v) is 9.72. The Morgan fingerprint density at radius 1 is 0.756 bits per heavy atom. The molecule has 0 aliphatic carbocycles. The lowest BCUT2D eigenvalue weighted by Gasteiger charge is -2.13. The molecule has 0 fully saturated rings. The molecule has 0 bridgehead atoms. The highest BCUT2D eigenvalue weighted by Crippen LogP contribution is 2.24. The smallest absolute Gasteiger partial charge is 0.272 e. The molecule has 0 saturated carbocycles. The Balaban J connectivity index is 1.46. The molecule has 208 valence electrons. The van der Waals surface area contributed by atoms with Crippen LogP contribution in [0.15, 0.2) is 114 Å². The summed E-state index contributed by atoms with van der Waals surface area (Å²) in [6.45, 7) is 0. The van der Waals surface area contributed by atoms with Gasteiger partial charge in [-0.25, -0.2) is 0 Å². The van der Waals surface area contributed by atoms with Gasteiger partial charge in [0, 0.05) is 33.5 Å². The van der Waals surface area contributed by atoms with Crippen LogP contribution < -0.4 is 25.4 Å². The molecule has 0 aliphatic heterocycles. The van der Waals surface area contributed by atoms with E-state index in [9.17, 15) is 14.4 Å². The Kier molecular flexibility index (Phi) is 10.2. The van der Waals surface area contributed by atoms with Crippen molar-refractivity contribution in [1.82, 2.24) is 5.32 Å². The molecule has 0 aliphatic rings. The molecule has 0 saturated heterocycles. The van der Waals surface area contributed by atoms with E-state index in [0.29, 0.717) is 34.0 Å². The third-order valence-electron chi connectivity index (χ3n) is 5.78. The first-order valence-corrected chi connectivity index (χ1v) is 13.6. The normalized spacial score (nSPS) is 10.8. The molecule has 0 atom stereocenters. The van der Waals surface area contributed by atoms with Crippen LogP contribution in [0.4, 0.5) is 11.4 Å². The number of hydrogen-bond donors (Lipinski definition) is 3. The zero-order chi connectivity index (χ0) is 29.0. The summed E-state index contributed by atoms with van der Waals surface area (Å²) < 4.78 is 10.6. The minimum atomic E-state index is -0.516. The maximum atomic E-state index is 13.4. The van der Waals surface area contributed by atoms with Crippen molar-refractivity contribution in [3.8, 4) is 11.5 Å². The Bertz CT molecular complexity index is 1560. The van der Waals surface area contributed by atoms with Crippen molar-refractivity contribution in [2.75, 3.05) is 30.6 Å². The number of hydrogen-bond acceptors (Lipinski definition) is 6. The number of carbonyl (C=O) groups excluding carboxylic acids is 3. The van der Waals surface area contributed by atoms with Gasteiger partial charge in [0.15, 0.2) is 0 Å². The van der Waals surface area contributed by atoms with Crippen LogP contribution in [0.2, 0.25) is 0 Å². The van der Waals surface area contributed by atoms with E-state index in [-0.39, 0.29) is 17.4 Å². The van der Waals surface area contributed by atoms with E-state index >= 15 is 0 Å². The molecule has 9 heteroatoms. The van der Waals surface area contributed by atoms with Crippen molar-refractivity contribution < 1.29 is 23.9 Å². The maximum Gasteiger partial charge on any atom is 0.272 e. The third kappa shape index (κ3) is 8.48. The maximum absolute atomic E-state index is 13.4. The van der Waals surface area contributed by atoms with Gasteiger partial charge in [-0.1, -0.05) is 48.5 Å². The zero-order valence-corrected chi connectivity index (χ0v) is 23.4. The van der Waals surface area contributed by atoms with Crippen LogP contribution in [0.3, 0.4) is 0 Å². The first kappa shape index (κ1) is 29.0. The lowest BCUT2D eigenvalue weighted by Crippen LogP contribution is -2.30. The fourth-order valence-electron chi connectivity index (χ4n) is 3.79. The molecule has 41 heavy (non-hydrogen) atoms. The number of rotatable bonds is 11. The minimum absolute atomic E-state index is 0.0408. The monoisotopic (exact) mass is 567 g/mol. The van der Waals surface area contributed by atoms with Crippen LogP contribution in [0.25, 0.3) is 6.08 Å². The molecular formula is C32H29N3O5S. The highest BCUT2D eigenvalue weighted by atomic mass is 32.2.